The molecule has 0 saturated carbocycles. The highest BCUT2D eigenvalue weighted by Crippen LogP contribution is 2.17. The lowest BCUT2D eigenvalue weighted by Crippen LogP contribution is -2.35. The Bertz CT molecular complexity index is 717. The molecule has 1 aromatic heterocycles. The zero-order chi connectivity index (χ0) is 14.1. The number of fused-ring (bicyclic) bond motifs is 1. The number of nitrogens with zero attached hydrogens (tertiary/aromatic N) is 1. The molecular weight excluding hydrogens is 261 g/mol. The highest BCUT2D eigenvalue weighted by molar-refractivity contribution is 5.95. The summed E-state index contributed by atoms with van der Waals surface area (Å²) in [5.74, 6) is -0.762. The Morgan fingerprint density at radius 3 is 2.65 bits per heavy atom. The van der Waals surface area contributed by atoms with E-state index in [1.165, 1.54) is 24.3 Å². The van der Waals surface area contributed by atoms with Crippen molar-refractivity contribution in [2.75, 3.05) is 13.1 Å². The topological polar surface area (TPSA) is 50.5 Å². The van der Waals surface area contributed by atoms with Crippen LogP contribution in [0.4, 0.5) is 4.39 Å². The molecule has 20 heavy (non-hydrogen) atoms. The molecule has 5 heteroatoms. The van der Waals surface area contributed by atoms with E-state index in [4.69, 9.17) is 4.42 Å². The van der Waals surface area contributed by atoms with Crippen molar-refractivity contribution in [2.45, 2.75) is 19.3 Å². The summed E-state index contributed by atoms with van der Waals surface area (Å²) in [6.07, 6.45) is 3.02. The van der Waals surface area contributed by atoms with E-state index in [2.05, 4.69) is 0 Å². The second kappa shape index (κ2) is 5.07. The molecule has 1 aliphatic rings. The summed E-state index contributed by atoms with van der Waals surface area (Å²) in [6, 6.07) is 5.24. The van der Waals surface area contributed by atoms with Crippen LogP contribution in [0.1, 0.15) is 29.8 Å². The van der Waals surface area contributed by atoms with Crippen molar-refractivity contribution in [2.24, 2.45) is 0 Å². The molecule has 0 unspecified atom stereocenters. The van der Waals surface area contributed by atoms with Gasteiger partial charge in [-0.15, -0.1) is 0 Å². The molecule has 1 aliphatic heterocycles. The molecule has 1 amide bonds. The predicted molar refractivity (Wildman–Crippen MR) is 72.2 cm³/mol. The second-order valence-corrected chi connectivity index (χ2v) is 4.98. The highest BCUT2D eigenvalue weighted by atomic mass is 19.1. The van der Waals surface area contributed by atoms with Gasteiger partial charge in [0.15, 0.2) is 5.76 Å². The van der Waals surface area contributed by atoms with Crippen molar-refractivity contribution >= 4 is 16.7 Å². The maximum Gasteiger partial charge on any atom is 0.344 e. The van der Waals surface area contributed by atoms with Crippen molar-refractivity contribution in [3.05, 3.63) is 46.3 Å². The lowest BCUT2D eigenvalue weighted by molar-refractivity contribution is 0.0688. The van der Waals surface area contributed by atoms with E-state index in [9.17, 15) is 14.0 Å². The molecule has 0 bridgehead atoms. The molecule has 0 N–H and O–H groups in total. The average Bonchev–Trinajstić information content (AvgIpc) is 2.46. The summed E-state index contributed by atoms with van der Waals surface area (Å²) in [5, 5.41) is 0.670. The molecule has 2 heterocycles. The Morgan fingerprint density at radius 2 is 1.90 bits per heavy atom. The van der Waals surface area contributed by atoms with Crippen LogP contribution in [0.5, 0.6) is 0 Å². The van der Waals surface area contributed by atoms with Gasteiger partial charge in [-0.3, -0.25) is 4.79 Å². The fourth-order valence-corrected chi connectivity index (χ4v) is 2.52. The van der Waals surface area contributed by atoms with Gasteiger partial charge in [0, 0.05) is 13.1 Å². The monoisotopic (exact) mass is 275 g/mol. The van der Waals surface area contributed by atoms with Crippen LogP contribution in [0, 0.1) is 5.82 Å². The van der Waals surface area contributed by atoms with E-state index in [0.717, 1.165) is 19.3 Å². The summed E-state index contributed by atoms with van der Waals surface area (Å²) in [6.45, 7) is 1.34. The van der Waals surface area contributed by atoms with Crippen molar-refractivity contribution in [3.63, 3.8) is 0 Å². The number of piperidine rings is 1. The van der Waals surface area contributed by atoms with E-state index in [-0.39, 0.29) is 17.1 Å². The summed E-state index contributed by atoms with van der Waals surface area (Å²) in [7, 11) is 0. The van der Waals surface area contributed by atoms with Crippen molar-refractivity contribution in [1.82, 2.24) is 4.90 Å². The fourth-order valence-electron chi connectivity index (χ4n) is 2.52. The smallest absolute Gasteiger partial charge is 0.344 e. The van der Waals surface area contributed by atoms with Crippen molar-refractivity contribution in [1.29, 1.82) is 0 Å². The molecule has 3 rings (SSSR count). The zero-order valence-electron chi connectivity index (χ0n) is 10.9. The molecule has 1 saturated heterocycles. The Balaban J connectivity index is 2.03. The van der Waals surface area contributed by atoms with E-state index >= 15 is 0 Å². The maximum atomic E-state index is 13.2. The number of benzene rings is 1. The van der Waals surface area contributed by atoms with Gasteiger partial charge in [0.2, 0.25) is 0 Å². The van der Waals surface area contributed by atoms with Gasteiger partial charge >= 0.3 is 5.63 Å². The number of carbonyl (C=O) groups is 1. The van der Waals surface area contributed by atoms with Crippen LogP contribution in [0.15, 0.2) is 33.5 Å². The Morgan fingerprint density at radius 1 is 1.15 bits per heavy atom. The van der Waals surface area contributed by atoms with Crippen LogP contribution >= 0.6 is 0 Å². The highest BCUT2D eigenvalue weighted by Gasteiger charge is 2.21. The third-order valence-electron chi connectivity index (χ3n) is 3.58. The van der Waals surface area contributed by atoms with Gasteiger partial charge < -0.3 is 9.32 Å². The molecule has 0 atom stereocenters. The normalized spacial score (nSPS) is 15.6. The molecule has 0 radical (unpaired) electrons. The van der Waals surface area contributed by atoms with Crippen molar-refractivity contribution in [3.8, 4) is 0 Å². The molecule has 1 aromatic carbocycles. The summed E-state index contributed by atoms with van der Waals surface area (Å²) in [4.78, 5) is 25.8. The molecule has 0 aliphatic carbocycles. The molecular formula is C15H14FNO3. The van der Waals surface area contributed by atoms with Gasteiger partial charge in [0.1, 0.15) is 5.82 Å². The quantitative estimate of drug-likeness (QED) is 0.803. The van der Waals surface area contributed by atoms with E-state index < -0.39 is 11.4 Å². The first kappa shape index (κ1) is 12.8. The number of carbonyl (C=O) groups excluding carboxylic acids is 1. The van der Waals surface area contributed by atoms with E-state index in [1.54, 1.807) is 4.90 Å². The van der Waals surface area contributed by atoms with Crippen LogP contribution in [0.3, 0.4) is 0 Å². The Labute approximate surface area is 114 Å². The van der Waals surface area contributed by atoms with Crippen LogP contribution in [0.25, 0.3) is 10.8 Å². The summed E-state index contributed by atoms with van der Waals surface area (Å²) in [5.41, 5.74) is -0.608. The number of hydrogen-bond acceptors (Lipinski definition) is 3. The van der Waals surface area contributed by atoms with E-state index in [1.807, 2.05) is 0 Å². The zero-order valence-corrected chi connectivity index (χ0v) is 10.9. The van der Waals surface area contributed by atoms with Crippen molar-refractivity contribution < 1.29 is 13.6 Å². The largest absolute Gasteiger partial charge is 0.417 e. The number of rotatable bonds is 1. The Hall–Kier alpha value is -2.17. The minimum absolute atomic E-state index is 0.0185. The molecule has 0 spiro atoms. The molecule has 104 valence electrons. The van der Waals surface area contributed by atoms with Gasteiger partial charge in [-0.25, -0.2) is 9.18 Å². The third-order valence-corrected chi connectivity index (χ3v) is 3.58. The number of hydrogen-bond donors (Lipinski definition) is 0. The first-order chi connectivity index (χ1) is 9.65. The standard InChI is InChI=1S/C15H14FNO3/c16-11-4-5-12-10(8-11)9-13(20-15(12)19)14(18)17-6-2-1-3-7-17/h4-5,8-9H,1-3,6-7H2. The van der Waals surface area contributed by atoms with Crippen LogP contribution in [-0.4, -0.2) is 23.9 Å². The lowest BCUT2D eigenvalue weighted by Gasteiger charge is -2.25. The summed E-state index contributed by atoms with van der Waals surface area (Å²) >= 11 is 0. The SMILES string of the molecule is O=C(c1cc2cc(F)ccc2c(=O)o1)N1CCCCC1. The van der Waals surface area contributed by atoms with Gasteiger partial charge in [0.05, 0.1) is 5.39 Å². The van der Waals surface area contributed by atoms with Crippen LogP contribution < -0.4 is 5.63 Å². The first-order valence-electron chi connectivity index (χ1n) is 6.68. The second-order valence-electron chi connectivity index (χ2n) is 4.98. The van der Waals surface area contributed by atoms with Gasteiger partial charge in [-0.05, 0) is 48.9 Å². The lowest BCUT2D eigenvalue weighted by atomic mass is 10.1. The van der Waals surface area contributed by atoms with Crippen LogP contribution in [-0.2, 0) is 0 Å². The van der Waals surface area contributed by atoms with E-state index in [0.29, 0.717) is 18.5 Å². The van der Waals surface area contributed by atoms with Crippen LogP contribution in [0.2, 0.25) is 0 Å². The Kier molecular flexibility index (Phi) is 3.26. The number of amides is 1. The van der Waals surface area contributed by atoms with Gasteiger partial charge in [0.25, 0.3) is 5.91 Å². The van der Waals surface area contributed by atoms with Gasteiger partial charge in [-0.1, -0.05) is 0 Å². The third kappa shape index (κ3) is 2.31. The minimum Gasteiger partial charge on any atom is -0.417 e. The predicted octanol–water partition coefficient (Wildman–Crippen LogP) is 2.56. The number of likely N-dealkylation sites (tertiary alicyclic amines) is 1. The fraction of sp³-hybridized carbons (Fsp3) is 0.333. The first-order valence-corrected chi connectivity index (χ1v) is 6.68. The average molecular weight is 275 g/mol. The molecule has 4 nitrogen and oxygen atoms in total. The maximum absolute atomic E-state index is 13.2. The van der Waals surface area contributed by atoms with Gasteiger partial charge in [-0.2, -0.15) is 0 Å². The number of halogens is 1. The molecule has 1 fully saturated rings. The summed E-state index contributed by atoms with van der Waals surface area (Å²) < 4.78 is 18.3. The molecule has 2 aromatic rings. The minimum atomic E-state index is -0.608.